The predicted octanol–water partition coefficient (Wildman–Crippen LogP) is 2.85. The Bertz CT molecular complexity index is 759. The number of para-hydroxylation sites is 1. The summed E-state index contributed by atoms with van der Waals surface area (Å²) in [6.07, 6.45) is 2.10. The third-order valence-electron chi connectivity index (χ3n) is 3.87. The number of hydrazone groups is 1. The summed E-state index contributed by atoms with van der Waals surface area (Å²) in [4.78, 5) is 22.5. The number of nitrogens with one attached hydrogen (secondary N) is 1. The van der Waals surface area contributed by atoms with E-state index in [0.29, 0.717) is 5.56 Å². The molecule has 6 nitrogen and oxygen atoms in total. The van der Waals surface area contributed by atoms with Gasteiger partial charge in [0.05, 0.1) is 16.7 Å². The van der Waals surface area contributed by atoms with Crippen LogP contribution in [0.5, 0.6) is 0 Å². The largest absolute Gasteiger partial charge is 0.278 e. The minimum absolute atomic E-state index is 0.0425. The number of hydrogen-bond donors (Lipinski definition) is 1. The molecule has 0 radical (unpaired) electrons. The number of carbonyl (C=O) groups excluding carboxylic acids is 1. The fourth-order valence-corrected chi connectivity index (χ4v) is 2.56. The quantitative estimate of drug-likeness (QED) is 0.523. The first-order valence-corrected chi connectivity index (χ1v) is 7.28. The van der Waals surface area contributed by atoms with Gasteiger partial charge in [-0.25, -0.2) is 5.43 Å². The van der Waals surface area contributed by atoms with Crippen LogP contribution >= 0.6 is 0 Å². The van der Waals surface area contributed by atoms with Crippen molar-refractivity contribution >= 4 is 17.8 Å². The molecule has 0 aromatic heterocycles. The van der Waals surface area contributed by atoms with Crippen LogP contribution in [0, 0.1) is 16.0 Å². The smallest absolute Gasteiger partial charge is 0.273 e. The standard InChI is InChI=1S/C17H15N3O3/c21-17(15-10-14(15)12-6-2-1-3-7-12)19-18-11-13-8-4-5-9-16(13)20(22)23/h1-9,11,14-15H,10H2,(H,19,21)/b18-11-/t14-,15+/m1/s1. The van der Waals surface area contributed by atoms with E-state index in [1.807, 2.05) is 30.3 Å². The van der Waals surface area contributed by atoms with Crippen LogP contribution in [0.15, 0.2) is 59.7 Å². The Labute approximate surface area is 133 Å². The van der Waals surface area contributed by atoms with Crippen LogP contribution < -0.4 is 5.43 Å². The Balaban J connectivity index is 1.59. The summed E-state index contributed by atoms with van der Waals surface area (Å²) < 4.78 is 0. The molecule has 0 aliphatic heterocycles. The molecule has 0 heterocycles. The molecular formula is C17H15N3O3. The van der Waals surface area contributed by atoms with Gasteiger partial charge in [-0.3, -0.25) is 14.9 Å². The Morgan fingerprint density at radius 3 is 2.61 bits per heavy atom. The van der Waals surface area contributed by atoms with Crippen molar-refractivity contribution in [2.24, 2.45) is 11.0 Å². The summed E-state index contributed by atoms with van der Waals surface area (Å²) in [6.45, 7) is 0. The van der Waals surface area contributed by atoms with E-state index in [-0.39, 0.29) is 23.4 Å². The van der Waals surface area contributed by atoms with Crippen LogP contribution in [0.2, 0.25) is 0 Å². The van der Waals surface area contributed by atoms with Gasteiger partial charge in [0, 0.05) is 12.0 Å². The molecule has 6 heteroatoms. The monoisotopic (exact) mass is 309 g/mol. The van der Waals surface area contributed by atoms with Crippen LogP contribution in [0.1, 0.15) is 23.5 Å². The SMILES string of the molecule is O=C(N/N=C\c1ccccc1[N+](=O)[O-])[C@H]1C[C@@H]1c1ccccc1. The highest BCUT2D eigenvalue weighted by Gasteiger charge is 2.43. The second-order valence-electron chi connectivity index (χ2n) is 5.41. The zero-order valence-electron chi connectivity index (χ0n) is 12.3. The van der Waals surface area contributed by atoms with Gasteiger partial charge >= 0.3 is 0 Å². The first-order chi connectivity index (χ1) is 11.2. The van der Waals surface area contributed by atoms with E-state index in [1.54, 1.807) is 18.2 Å². The van der Waals surface area contributed by atoms with Crippen molar-refractivity contribution in [3.8, 4) is 0 Å². The lowest BCUT2D eigenvalue weighted by Gasteiger charge is -2.00. The molecule has 23 heavy (non-hydrogen) atoms. The molecule has 1 N–H and O–H groups in total. The van der Waals surface area contributed by atoms with Crippen LogP contribution in [-0.2, 0) is 4.79 Å². The average molecular weight is 309 g/mol. The molecule has 1 amide bonds. The number of nitrogens with zero attached hydrogens (tertiary/aromatic N) is 2. The highest BCUT2D eigenvalue weighted by atomic mass is 16.6. The van der Waals surface area contributed by atoms with Crippen molar-refractivity contribution in [2.75, 3.05) is 0 Å². The highest BCUT2D eigenvalue weighted by molar-refractivity contribution is 5.88. The van der Waals surface area contributed by atoms with E-state index >= 15 is 0 Å². The van der Waals surface area contributed by atoms with Crippen LogP contribution in [-0.4, -0.2) is 17.0 Å². The Kier molecular flexibility index (Phi) is 4.14. The topological polar surface area (TPSA) is 84.6 Å². The Morgan fingerprint density at radius 2 is 1.87 bits per heavy atom. The maximum Gasteiger partial charge on any atom is 0.278 e. The third-order valence-corrected chi connectivity index (χ3v) is 3.87. The third kappa shape index (κ3) is 3.42. The van der Waals surface area contributed by atoms with Crippen LogP contribution in [0.4, 0.5) is 5.69 Å². The van der Waals surface area contributed by atoms with Gasteiger partial charge in [0.25, 0.3) is 5.69 Å². The zero-order chi connectivity index (χ0) is 16.2. The molecule has 1 fully saturated rings. The summed E-state index contributed by atoms with van der Waals surface area (Å²) in [5.74, 6) is -0.00791. The Morgan fingerprint density at radius 1 is 1.17 bits per heavy atom. The maximum atomic E-state index is 12.0. The van der Waals surface area contributed by atoms with Crippen molar-refractivity contribution in [3.63, 3.8) is 0 Å². The van der Waals surface area contributed by atoms with E-state index < -0.39 is 4.92 Å². The summed E-state index contributed by atoms with van der Waals surface area (Å²) in [5, 5.41) is 14.7. The van der Waals surface area contributed by atoms with Gasteiger partial charge in [-0.1, -0.05) is 42.5 Å². The molecule has 0 spiro atoms. The predicted molar refractivity (Wildman–Crippen MR) is 86.1 cm³/mol. The molecule has 0 saturated heterocycles. The van der Waals surface area contributed by atoms with Crippen LogP contribution in [0.3, 0.4) is 0 Å². The van der Waals surface area contributed by atoms with Crippen molar-refractivity contribution in [2.45, 2.75) is 12.3 Å². The van der Waals surface area contributed by atoms with Crippen molar-refractivity contribution < 1.29 is 9.72 Å². The number of hydrogen-bond acceptors (Lipinski definition) is 4. The van der Waals surface area contributed by atoms with Gasteiger partial charge in [-0.05, 0) is 24.0 Å². The molecule has 1 aliphatic carbocycles. The zero-order valence-corrected chi connectivity index (χ0v) is 12.3. The molecule has 0 bridgehead atoms. The van der Waals surface area contributed by atoms with E-state index in [1.165, 1.54) is 12.3 Å². The van der Waals surface area contributed by atoms with Crippen molar-refractivity contribution in [1.29, 1.82) is 0 Å². The number of nitro groups is 1. The Hall–Kier alpha value is -3.02. The van der Waals surface area contributed by atoms with E-state index in [0.717, 1.165) is 12.0 Å². The molecular weight excluding hydrogens is 294 g/mol. The summed E-state index contributed by atoms with van der Waals surface area (Å²) in [5.41, 5.74) is 3.93. The highest BCUT2D eigenvalue weighted by Crippen LogP contribution is 2.47. The van der Waals surface area contributed by atoms with E-state index in [2.05, 4.69) is 10.5 Å². The van der Waals surface area contributed by atoms with Crippen molar-refractivity contribution in [3.05, 3.63) is 75.8 Å². The second-order valence-corrected chi connectivity index (χ2v) is 5.41. The normalized spacial score (nSPS) is 19.5. The molecule has 3 rings (SSSR count). The molecule has 1 saturated carbocycles. The second kappa shape index (κ2) is 6.39. The minimum atomic E-state index is -0.477. The van der Waals surface area contributed by atoms with Gasteiger partial charge in [0.1, 0.15) is 0 Å². The lowest BCUT2D eigenvalue weighted by molar-refractivity contribution is -0.385. The number of rotatable bonds is 5. The molecule has 2 atom stereocenters. The van der Waals surface area contributed by atoms with Gasteiger partial charge < -0.3 is 0 Å². The first kappa shape index (κ1) is 14.9. The van der Waals surface area contributed by atoms with Crippen molar-refractivity contribution in [1.82, 2.24) is 5.43 Å². The van der Waals surface area contributed by atoms with Gasteiger partial charge in [0.15, 0.2) is 0 Å². The molecule has 2 aromatic carbocycles. The summed E-state index contributed by atoms with van der Waals surface area (Å²) in [7, 11) is 0. The maximum absolute atomic E-state index is 12.0. The first-order valence-electron chi connectivity index (χ1n) is 7.28. The van der Waals surface area contributed by atoms with Gasteiger partial charge in [-0.2, -0.15) is 5.10 Å². The number of amides is 1. The van der Waals surface area contributed by atoms with E-state index in [9.17, 15) is 14.9 Å². The molecule has 116 valence electrons. The number of nitro benzene ring substituents is 1. The van der Waals surface area contributed by atoms with E-state index in [4.69, 9.17) is 0 Å². The lowest BCUT2D eigenvalue weighted by Crippen LogP contribution is -2.20. The van der Waals surface area contributed by atoms with Gasteiger partial charge in [0.2, 0.25) is 5.91 Å². The minimum Gasteiger partial charge on any atom is -0.273 e. The fourth-order valence-electron chi connectivity index (χ4n) is 2.56. The lowest BCUT2D eigenvalue weighted by atomic mass is 10.1. The summed E-state index contributed by atoms with van der Waals surface area (Å²) >= 11 is 0. The molecule has 2 aromatic rings. The molecule has 0 unspecified atom stereocenters. The number of benzene rings is 2. The molecule has 1 aliphatic rings. The number of carbonyl (C=O) groups is 1. The summed E-state index contributed by atoms with van der Waals surface area (Å²) in [6, 6.07) is 16.1. The van der Waals surface area contributed by atoms with Gasteiger partial charge in [-0.15, -0.1) is 0 Å². The average Bonchev–Trinajstić information content (AvgIpc) is 3.36. The van der Waals surface area contributed by atoms with Crippen LogP contribution in [0.25, 0.3) is 0 Å². The fraction of sp³-hybridized carbons (Fsp3) is 0.176.